The van der Waals surface area contributed by atoms with Crippen molar-refractivity contribution >= 4 is 27.3 Å². The van der Waals surface area contributed by atoms with Gasteiger partial charge in [-0.3, -0.25) is 10.1 Å². The summed E-state index contributed by atoms with van der Waals surface area (Å²) in [6.45, 7) is 6.22. The van der Waals surface area contributed by atoms with Crippen LogP contribution in [0.5, 0.6) is 0 Å². The molecular weight excluding hydrogens is 322 g/mol. The molecule has 20 heavy (non-hydrogen) atoms. The third-order valence-corrected chi connectivity index (χ3v) is 4.27. The van der Waals surface area contributed by atoms with E-state index < -0.39 is 0 Å². The Morgan fingerprint density at radius 1 is 1.45 bits per heavy atom. The Labute approximate surface area is 127 Å². The maximum Gasteiger partial charge on any atom is 0.293 e. The molecule has 1 fully saturated rings. The summed E-state index contributed by atoms with van der Waals surface area (Å²) in [7, 11) is 0. The van der Waals surface area contributed by atoms with Gasteiger partial charge in [-0.1, -0.05) is 22.9 Å². The van der Waals surface area contributed by atoms with Gasteiger partial charge in [0.05, 0.1) is 4.92 Å². The largest absolute Gasteiger partial charge is 0.378 e. The molecule has 2 rings (SSSR count). The summed E-state index contributed by atoms with van der Waals surface area (Å²) in [6.07, 6.45) is 2.50. The molecule has 1 N–H and O–H groups in total. The van der Waals surface area contributed by atoms with Crippen LogP contribution in [0.25, 0.3) is 0 Å². The summed E-state index contributed by atoms with van der Waals surface area (Å²) in [5.41, 5.74) is 0.704. The van der Waals surface area contributed by atoms with Crippen molar-refractivity contribution in [3.05, 3.63) is 32.8 Å². The molecule has 1 aromatic carbocycles. The van der Waals surface area contributed by atoms with Gasteiger partial charge in [-0.2, -0.15) is 0 Å². The van der Waals surface area contributed by atoms with E-state index in [1.165, 1.54) is 18.9 Å². The van der Waals surface area contributed by atoms with Crippen LogP contribution in [-0.4, -0.2) is 36.0 Å². The second-order valence-electron chi connectivity index (χ2n) is 5.37. The lowest BCUT2D eigenvalue weighted by Crippen LogP contribution is -2.36. The zero-order valence-corrected chi connectivity index (χ0v) is 13.2. The SMILES string of the molecule is CC1CCN(CCNc2ccc(Br)cc2[N+](=O)[O-])CC1. The zero-order valence-electron chi connectivity index (χ0n) is 11.6. The monoisotopic (exact) mass is 341 g/mol. The Kier molecular flexibility index (Phi) is 5.37. The van der Waals surface area contributed by atoms with E-state index in [9.17, 15) is 10.1 Å². The molecule has 0 spiro atoms. The Morgan fingerprint density at radius 3 is 2.80 bits per heavy atom. The van der Waals surface area contributed by atoms with Crippen LogP contribution in [0.15, 0.2) is 22.7 Å². The number of nitro benzene ring substituents is 1. The molecule has 110 valence electrons. The molecule has 0 saturated carbocycles. The van der Waals surface area contributed by atoms with Crippen LogP contribution in [0.3, 0.4) is 0 Å². The smallest absolute Gasteiger partial charge is 0.293 e. The van der Waals surface area contributed by atoms with Gasteiger partial charge in [0.25, 0.3) is 5.69 Å². The molecule has 0 atom stereocenters. The lowest BCUT2D eigenvalue weighted by molar-refractivity contribution is -0.384. The first-order valence-electron chi connectivity index (χ1n) is 6.96. The summed E-state index contributed by atoms with van der Waals surface area (Å²) in [4.78, 5) is 13.1. The Morgan fingerprint density at radius 2 is 2.15 bits per heavy atom. The third-order valence-electron chi connectivity index (χ3n) is 3.78. The predicted octanol–water partition coefficient (Wildman–Crippen LogP) is 3.50. The summed E-state index contributed by atoms with van der Waals surface area (Å²) in [5.74, 6) is 0.826. The van der Waals surface area contributed by atoms with E-state index in [1.54, 1.807) is 6.07 Å². The van der Waals surface area contributed by atoms with Gasteiger partial charge in [-0.05, 0) is 44.0 Å². The summed E-state index contributed by atoms with van der Waals surface area (Å²) < 4.78 is 0.722. The van der Waals surface area contributed by atoms with Gasteiger partial charge in [-0.25, -0.2) is 0 Å². The molecule has 0 unspecified atom stereocenters. The van der Waals surface area contributed by atoms with Crippen LogP contribution >= 0.6 is 15.9 Å². The number of hydrogen-bond donors (Lipinski definition) is 1. The zero-order chi connectivity index (χ0) is 14.5. The maximum atomic E-state index is 11.0. The number of halogens is 1. The molecule has 0 aromatic heterocycles. The second-order valence-corrected chi connectivity index (χ2v) is 6.29. The molecule has 0 aliphatic carbocycles. The van der Waals surface area contributed by atoms with E-state index in [1.807, 2.05) is 6.07 Å². The normalized spacial score (nSPS) is 17.1. The number of hydrogen-bond acceptors (Lipinski definition) is 4. The number of piperidine rings is 1. The molecule has 5 nitrogen and oxygen atoms in total. The first kappa shape index (κ1) is 15.3. The highest BCUT2D eigenvalue weighted by molar-refractivity contribution is 9.10. The summed E-state index contributed by atoms with van der Waals surface area (Å²) in [5, 5.41) is 14.2. The maximum absolute atomic E-state index is 11.0. The van der Waals surface area contributed by atoms with Crippen molar-refractivity contribution in [2.45, 2.75) is 19.8 Å². The van der Waals surface area contributed by atoms with Crippen molar-refractivity contribution in [3.63, 3.8) is 0 Å². The van der Waals surface area contributed by atoms with E-state index in [2.05, 4.69) is 33.1 Å². The third kappa shape index (κ3) is 4.18. The highest BCUT2D eigenvalue weighted by Crippen LogP contribution is 2.27. The van der Waals surface area contributed by atoms with Crippen molar-refractivity contribution < 1.29 is 4.92 Å². The molecule has 1 saturated heterocycles. The van der Waals surface area contributed by atoms with Crippen molar-refractivity contribution in [3.8, 4) is 0 Å². The lowest BCUT2D eigenvalue weighted by Gasteiger charge is -2.30. The fraction of sp³-hybridized carbons (Fsp3) is 0.571. The number of nitro groups is 1. The van der Waals surface area contributed by atoms with E-state index in [-0.39, 0.29) is 10.6 Å². The predicted molar refractivity (Wildman–Crippen MR) is 84.1 cm³/mol. The van der Waals surface area contributed by atoms with Crippen LogP contribution in [-0.2, 0) is 0 Å². The van der Waals surface area contributed by atoms with Crippen LogP contribution in [0, 0.1) is 16.0 Å². The van der Waals surface area contributed by atoms with Gasteiger partial charge in [0.1, 0.15) is 5.69 Å². The minimum absolute atomic E-state index is 0.117. The topological polar surface area (TPSA) is 58.4 Å². The molecule has 0 radical (unpaired) electrons. The average molecular weight is 342 g/mol. The van der Waals surface area contributed by atoms with Crippen LogP contribution in [0.4, 0.5) is 11.4 Å². The highest BCUT2D eigenvalue weighted by Gasteiger charge is 2.16. The summed E-state index contributed by atoms with van der Waals surface area (Å²) >= 11 is 3.26. The first-order chi connectivity index (χ1) is 9.56. The van der Waals surface area contributed by atoms with Crippen molar-refractivity contribution in [1.82, 2.24) is 4.90 Å². The molecule has 1 aromatic rings. The Balaban J connectivity index is 1.86. The van der Waals surface area contributed by atoms with Gasteiger partial charge in [0.2, 0.25) is 0 Å². The fourth-order valence-corrected chi connectivity index (χ4v) is 2.79. The number of benzene rings is 1. The quantitative estimate of drug-likeness (QED) is 0.657. The molecule has 0 bridgehead atoms. The number of anilines is 1. The number of likely N-dealkylation sites (tertiary alicyclic amines) is 1. The molecular formula is C14H20BrN3O2. The average Bonchev–Trinajstić information content (AvgIpc) is 2.42. The van der Waals surface area contributed by atoms with Gasteiger partial charge in [-0.15, -0.1) is 0 Å². The summed E-state index contributed by atoms with van der Waals surface area (Å²) in [6, 6.07) is 5.10. The molecule has 1 heterocycles. The van der Waals surface area contributed by atoms with Gasteiger partial charge >= 0.3 is 0 Å². The lowest BCUT2D eigenvalue weighted by atomic mass is 9.99. The van der Waals surface area contributed by atoms with E-state index >= 15 is 0 Å². The standard InChI is InChI=1S/C14H20BrN3O2/c1-11-4-7-17(8-5-11)9-6-16-13-3-2-12(15)10-14(13)18(19)20/h2-3,10-11,16H,4-9H2,1H3. The van der Waals surface area contributed by atoms with E-state index in [4.69, 9.17) is 0 Å². The van der Waals surface area contributed by atoms with Gasteiger partial charge < -0.3 is 10.2 Å². The van der Waals surface area contributed by atoms with Crippen molar-refractivity contribution in [2.24, 2.45) is 5.92 Å². The number of nitrogens with one attached hydrogen (secondary N) is 1. The molecule has 6 heteroatoms. The first-order valence-corrected chi connectivity index (χ1v) is 7.75. The molecule has 1 aliphatic rings. The Hall–Kier alpha value is -1.14. The van der Waals surface area contributed by atoms with Crippen LogP contribution in [0.1, 0.15) is 19.8 Å². The van der Waals surface area contributed by atoms with Gasteiger partial charge in [0, 0.05) is 23.6 Å². The minimum Gasteiger partial charge on any atom is -0.378 e. The fourth-order valence-electron chi connectivity index (χ4n) is 2.44. The Bertz CT molecular complexity index is 473. The van der Waals surface area contributed by atoms with Crippen LogP contribution < -0.4 is 5.32 Å². The van der Waals surface area contributed by atoms with Crippen molar-refractivity contribution in [2.75, 3.05) is 31.5 Å². The second kappa shape index (κ2) is 7.04. The minimum atomic E-state index is -0.352. The van der Waals surface area contributed by atoms with Gasteiger partial charge in [0.15, 0.2) is 0 Å². The van der Waals surface area contributed by atoms with E-state index in [0.717, 1.165) is 36.6 Å². The van der Waals surface area contributed by atoms with Crippen molar-refractivity contribution in [1.29, 1.82) is 0 Å². The van der Waals surface area contributed by atoms with Crippen LogP contribution in [0.2, 0.25) is 0 Å². The number of rotatable bonds is 5. The highest BCUT2D eigenvalue weighted by atomic mass is 79.9. The molecule has 1 aliphatic heterocycles. The number of nitrogens with zero attached hydrogens (tertiary/aromatic N) is 2. The van der Waals surface area contributed by atoms with E-state index in [0.29, 0.717) is 5.69 Å². The molecule has 0 amide bonds.